The van der Waals surface area contributed by atoms with E-state index >= 15 is 0 Å². The molecular weight excluding hydrogens is 520 g/mol. The van der Waals surface area contributed by atoms with Crippen LogP contribution in [0, 0.1) is 0 Å². The Morgan fingerprint density at radius 1 is 0.364 bits per heavy atom. The summed E-state index contributed by atoms with van der Waals surface area (Å²) < 4.78 is 46.4. The molecule has 0 amide bonds. The molecule has 0 aromatic carbocycles. The average molecular weight is 574 g/mol. The van der Waals surface area contributed by atoms with E-state index in [1.807, 2.05) is 125 Å². The summed E-state index contributed by atoms with van der Waals surface area (Å²) in [5, 5.41) is 0. The molecule has 0 aromatic rings. The van der Waals surface area contributed by atoms with Gasteiger partial charge in [-0.15, -0.1) is 0 Å². The maximum absolute atomic E-state index is 6.90. The molecule has 0 spiro atoms. The molecule has 0 saturated heterocycles. The minimum atomic E-state index is -4.96. The summed E-state index contributed by atoms with van der Waals surface area (Å²) >= 11 is -4.96. The van der Waals surface area contributed by atoms with E-state index in [4.69, 9.17) is 24.2 Å². The van der Waals surface area contributed by atoms with Gasteiger partial charge in [0.25, 0.3) is 0 Å². The van der Waals surface area contributed by atoms with Gasteiger partial charge in [-0.05, 0) is 0 Å². The van der Waals surface area contributed by atoms with Crippen LogP contribution in [0.1, 0.15) is 125 Å². The fraction of sp³-hybridized carbons (Fsp3) is 1.00. The van der Waals surface area contributed by atoms with Crippen LogP contribution in [0.5, 0.6) is 0 Å². The predicted octanol–water partition coefficient (Wildman–Crippen LogP) is 7.14. The van der Waals surface area contributed by atoms with E-state index in [1.54, 1.807) is 0 Å². The van der Waals surface area contributed by atoms with Crippen molar-refractivity contribution in [3.8, 4) is 0 Å². The van der Waals surface area contributed by atoms with E-state index in [9.17, 15) is 0 Å². The SMILES string of the molecule is CC(C)(C)O[Si](OC(C)(C)C)(OC(C)(C)C)[O][Zr]([O]C(C)(C)C)([O]C(C)(C)C)[O]C(C)(C)C. The molecule has 0 aliphatic heterocycles. The molecule has 0 aliphatic carbocycles. The van der Waals surface area contributed by atoms with E-state index in [0.717, 1.165) is 0 Å². The van der Waals surface area contributed by atoms with Crippen LogP contribution in [0.4, 0.5) is 0 Å². The molecule has 9 heteroatoms. The Bertz CT molecular complexity index is 476. The third kappa shape index (κ3) is 17.0. The second-order valence-corrected chi connectivity index (χ2v) is 21.7. The van der Waals surface area contributed by atoms with Crippen molar-refractivity contribution in [2.24, 2.45) is 0 Å². The standard InChI is InChI=1S/C12H27O4Si.3C4H9O.Zr/c1-10(2,3)14-17(13,15-11(4,5)6)16-12(7,8)9;3*1-4(2,3)5;/h1-9H3;3*1-3H3;/q4*-1;+4. The van der Waals surface area contributed by atoms with Gasteiger partial charge in [0, 0.05) is 0 Å². The van der Waals surface area contributed by atoms with Gasteiger partial charge in [0.2, 0.25) is 0 Å². The molecule has 0 aliphatic rings. The van der Waals surface area contributed by atoms with Crippen molar-refractivity contribution in [2.45, 2.75) is 158 Å². The van der Waals surface area contributed by atoms with Crippen LogP contribution in [0.15, 0.2) is 0 Å². The fourth-order valence-electron chi connectivity index (χ4n) is 2.65. The monoisotopic (exact) mass is 572 g/mol. The molecule has 7 nitrogen and oxygen atoms in total. The first-order chi connectivity index (χ1) is 13.9. The van der Waals surface area contributed by atoms with Gasteiger partial charge < -0.3 is 0 Å². The molecule has 0 N–H and O–H groups in total. The summed E-state index contributed by atoms with van der Waals surface area (Å²) in [5.74, 6) is 0. The Balaban J connectivity index is 7.07. The molecule has 0 atom stereocenters. The molecule has 0 fully saturated rings. The van der Waals surface area contributed by atoms with Gasteiger partial charge >= 0.3 is 214 Å². The Morgan fingerprint density at radius 3 is 0.727 bits per heavy atom. The molecule has 0 radical (unpaired) electrons. The zero-order valence-electron chi connectivity index (χ0n) is 24.9. The maximum atomic E-state index is 6.90. The van der Waals surface area contributed by atoms with Crippen LogP contribution in [0.2, 0.25) is 0 Å². The fourth-order valence-corrected chi connectivity index (χ4v) is 15.5. The molecule has 0 rings (SSSR count). The van der Waals surface area contributed by atoms with Gasteiger partial charge in [-0.25, -0.2) is 0 Å². The third-order valence-electron chi connectivity index (χ3n) is 2.84. The average Bonchev–Trinajstić information content (AvgIpc) is 2.20. The molecule has 0 aromatic heterocycles. The normalized spacial score (nSPS) is 15.8. The van der Waals surface area contributed by atoms with Crippen molar-refractivity contribution in [2.75, 3.05) is 0 Å². The number of hydrogen-bond donors (Lipinski definition) is 0. The molecule has 33 heavy (non-hydrogen) atoms. The van der Waals surface area contributed by atoms with Gasteiger partial charge in [0.05, 0.1) is 0 Å². The summed E-state index contributed by atoms with van der Waals surface area (Å²) in [7, 11) is -3.92. The molecule has 0 bridgehead atoms. The predicted molar refractivity (Wildman–Crippen MR) is 132 cm³/mol. The van der Waals surface area contributed by atoms with Crippen LogP contribution < -0.4 is 0 Å². The Morgan fingerprint density at radius 2 is 0.576 bits per heavy atom. The summed E-state index contributed by atoms with van der Waals surface area (Å²) in [5.41, 5.74) is -3.66. The molecule has 200 valence electrons. The minimum absolute atomic E-state index is 0.599. The van der Waals surface area contributed by atoms with Crippen LogP contribution in [0.25, 0.3) is 0 Å². The second-order valence-electron chi connectivity index (χ2n) is 14.4. The van der Waals surface area contributed by atoms with Gasteiger partial charge in [-0.2, -0.15) is 0 Å². The van der Waals surface area contributed by atoms with Crippen LogP contribution in [-0.2, 0) is 46.2 Å². The zero-order chi connectivity index (χ0) is 26.9. The summed E-state index contributed by atoms with van der Waals surface area (Å²) in [6.07, 6.45) is 0. The van der Waals surface area contributed by atoms with E-state index in [-0.39, 0.29) is 0 Å². The first-order valence-electron chi connectivity index (χ1n) is 11.9. The van der Waals surface area contributed by atoms with E-state index in [2.05, 4.69) is 0 Å². The van der Waals surface area contributed by atoms with Crippen LogP contribution in [0.3, 0.4) is 0 Å². The van der Waals surface area contributed by atoms with Gasteiger partial charge in [-0.1, -0.05) is 0 Å². The molecule has 0 unspecified atom stereocenters. The quantitative estimate of drug-likeness (QED) is 0.286. The first-order valence-corrected chi connectivity index (χ1v) is 17.5. The van der Waals surface area contributed by atoms with Gasteiger partial charge in [0.15, 0.2) is 0 Å². The van der Waals surface area contributed by atoms with E-state index in [1.165, 1.54) is 0 Å². The van der Waals surface area contributed by atoms with Crippen molar-refractivity contribution < 1.29 is 46.2 Å². The van der Waals surface area contributed by atoms with Crippen molar-refractivity contribution in [3.05, 3.63) is 0 Å². The van der Waals surface area contributed by atoms with Crippen molar-refractivity contribution in [1.29, 1.82) is 0 Å². The number of hydrogen-bond acceptors (Lipinski definition) is 7. The third-order valence-corrected chi connectivity index (χ3v) is 16.0. The molecular formula is C24H54O7SiZr. The van der Waals surface area contributed by atoms with Crippen molar-refractivity contribution in [3.63, 3.8) is 0 Å². The summed E-state index contributed by atoms with van der Waals surface area (Å²) in [4.78, 5) is 0. The van der Waals surface area contributed by atoms with Gasteiger partial charge in [-0.3, -0.25) is 0 Å². The van der Waals surface area contributed by atoms with Gasteiger partial charge in [0.1, 0.15) is 0 Å². The number of rotatable bonds is 8. The topological polar surface area (TPSA) is 64.6 Å². The van der Waals surface area contributed by atoms with E-state index < -0.39 is 64.7 Å². The Hall–Kier alpha value is 0.820. The van der Waals surface area contributed by atoms with Crippen molar-refractivity contribution in [1.82, 2.24) is 0 Å². The van der Waals surface area contributed by atoms with Crippen LogP contribution >= 0.6 is 0 Å². The van der Waals surface area contributed by atoms with Crippen LogP contribution in [-0.4, -0.2) is 42.7 Å². The summed E-state index contributed by atoms with van der Waals surface area (Å²) in [6, 6.07) is 0. The first kappa shape index (κ1) is 33.8. The Kier molecular flexibility index (Phi) is 10.9. The second kappa shape index (κ2) is 10.7. The summed E-state index contributed by atoms with van der Waals surface area (Å²) in [6.45, 7) is 35.2. The Labute approximate surface area is 212 Å². The molecule has 0 heterocycles. The van der Waals surface area contributed by atoms with Crippen molar-refractivity contribution >= 4 is 9.05 Å². The zero-order valence-corrected chi connectivity index (χ0v) is 28.3. The molecule has 0 saturated carbocycles. The van der Waals surface area contributed by atoms with E-state index in [0.29, 0.717) is 0 Å².